The lowest BCUT2D eigenvalue weighted by Crippen LogP contribution is -2.44. The van der Waals surface area contributed by atoms with Gasteiger partial charge in [-0.15, -0.1) is 0 Å². The maximum absolute atomic E-state index is 10.6. The molecule has 1 aliphatic heterocycles. The Morgan fingerprint density at radius 3 is 2.59 bits per heavy atom. The van der Waals surface area contributed by atoms with Crippen molar-refractivity contribution >= 4 is 23.1 Å². The molecule has 0 unspecified atom stereocenters. The van der Waals surface area contributed by atoms with Crippen LogP contribution in [-0.2, 0) is 0 Å². The van der Waals surface area contributed by atoms with Gasteiger partial charge in [0.1, 0.15) is 12.0 Å². The molecule has 92 valence electrons. The average molecular weight is 257 g/mol. The number of rotatable bonds is 2. The van der Waals surface area contributed by atoms with E-state index in [-0.39, 0.29) is 5.69 Å². The van der Waals surface area contributed by atoms with E-state index in [1.165, 1.54) is 12.3 Å². The standard InChI is InChI=1S/C10H13ClN4O2/c1-13-2-4-14(5-3-13)10-9(11)6-8(7-12-10)15(16)17/h6-7H,2-5H2,1H3. The zero-order valence-electron chi connectivity index (χ0n) is 9.47. The van der Waals surface area contributed by atoms with E-state index in [9.17, 15) is 10.1 Å². The molecule has 0 aromatic carbocycles. The van der Waals surface area contributed by atoms with Crippen molar-refractivity contribution in [1.29, 1.82) is 0 Å². The Bertz CT molecular complexity index is 432. The molecule has 0 bridgehead atoms. The summed E-state index contributed by atoms with van der Waals surface area (Å²) in [4.78, 5) is 18.4. The van der Waals surface area contributed by atoms with Crippen molar-refractivity contribution in [3.63, 3.8) is 0 Å². The predicted octanol–water partition coefficient (Wildman–Crippen LogP) is 1.39. The minimum absolute atomic E-state index is 0.0760. The van der Waals surface area contributed by atoms with Crippen LogP contribution in [0.25, 0.3) is 0 Å². The number of hydrogen-bond acceptors (Lipinski definition) is 5. The molecule has 2 rings (SSSR count). The molecule has 1 aromatic heterocycles. The quantitative estimate of drug-likeness (QED) is 0.591. The van der Waals surface area contributed by atoms with Gasteiger partial charge in [0.25, 0.3) is 5.69 Å². The number of nitrogens with zero attached hydrogens (tertiary/aromatic N) is 4. The highest BCUT2D eigenvalue weighted by Crippen LogP contribution is 2.27. The number of likely N-dealkylation sites (N-methyl/N-ethyl adjacent to an activating group) is 1. The number of halogens is 1. The topological polar surface area (TPSA) is 62.5 Å². The molecule has 1 fully saturated rings. The van der Waals surface area contributed by atoms with Gasteiger partial charge in [-0.2, -0.15) is 0 Å². The maximum atomic E-state index is 10.6. The fourth-order valence-electron chi connectivity index (χ4n) is 1.77. The maximum Gasteiger partial charge on any atom is 0.289 e. The molecule has 0 atom stereocenters. The van der Waals surface area contributed by atoms with Crippen molar-refractivity contribution in [2.45, 2.75) is 0 Å². The third-order valence-corrected chi connectivity index (χ3v) is 3.10. The monoisotopic (exact) mass is 256 g/mol. The predicted molar refractivity (Wildman–Crippen MR) is 65.6 cm³/mol. The van der Waals surface area contributed by atoms with E-state index in [2.05, 4.69) is 16.9 Å². The van der Waals surface area contributed by atoms with Gasteiger partial charge in [0.2, 0.25) is 0 Å². The van der Waals surface area contributed by atoms with Gasteiger partial charge in [-0.1, -0.05) is 11.6 Å². The van der Waals surface area contributed by atoms with Crippen molar-refractivity contribution in [3.8, 4) is 0 Å². The lowest BCUT2D eigenvalue weighted by Gasteiger charge is -2.33. The summed E-state index contributed by atoms with van der Waals surface area (Å²) in [6.45, 7) is 3.55. The molecule has 0 aliphatic carbocycles. The fraction of sp³-hybridized carbons (Fsp3) is 0.500. The zero-order valence-corrected chi connectivity index (χ0v) is 10.2. The Morgan fingerprint density at radius 1 is 1.41 bits per heavy atom. The van der Waals surface area contributed by atoms with E-state index in [1.807, 2.05) is 4.90 Å². The first-order valence-electron chi connectivity index (χ1n) is 5.31. The van der Waals surface area contributed by atoms with Gasteiger partial charge in [0.05, 0.1) is 9.95 Å². The van der Waals surface area contributed by atoms with Crippen LogP contribution in [0.15, 0.2) is 12.3 Å². The number of hydrogen-bond donors (Lipinski definition) is 0. The summed E-state index contributed by atoms with van der Waals surface area (Å²) < 4.78 is 0. The number of aromatic nitrogens is 1. The van der Waals surface area contributed by atoms with E-state index < -0.39 is 4.92 Å². The molecule has 17 heavy (non-hydrogen) atoms. The Balaban J connectivity index is 2.19. The van der Waals surface area contributed by atoms with Crippen LogP contribution in [-0.4, -0.2) is 48.0 Å². The molecule has 0 spiro atoms. The Kier molecular flexibility index (Phi) is 3.44. The molecule has 0 saturated carbocycles. The number of piperazine rings is 1. The minimum Gasteiger partial charge on any atom is -0.353 e. The van der Waals surface area contributed by atoms with Crippen molar-refractivity contribution in [3.05, 3.63) is 27.4 Å². The van der Waals surface area contributed by atoms with Crippen molar-refractivity contribution in [2.75, 3.05) is 38.1 Å². The third kappa shape index (κ3) is 2.65. The van der Waals surface area contributed by atoms with Gasteiger partial charge in [-0.05, 0) is 7.05 Å². The number of pyridine rings is 1. The molecule has 1 aromatic rings. The van der Waals surface area contributed by atoms with E-state index in [1.54, 1.807) is 0 Å². The summed E-state index contributed by atoms with van der Waals surface area (Å²) in [6, 6.07) is 1.35. The molecule has 1 saturated heterocycles. The van der Waals surface area contributed by atoms with E-state index in [4.69, 9.17) is 11.6 Å². The Hall–Kier alpha value is -1.40. The highest BCUT2D eigenvalue weighted by molar-refractivity contribution is 6.33. The molecule has 6 nitrogen and oxygen atoms in total. The molecule has 1 aliphatic rings. The largest absolute Gasteiger partial charge is 0.353 e. The molecule has 0 N–H and O–H groups in total. The second-order valence-corrected chi connectivity index (χ2v) is 4.45. The number of anilines is 1. The van der Waals surface area contributed by atoms with Gasteiger partial charge in [-0.3, -0.25) is 10.1 Å². The average Bonchev–Trinajstić information content (AvgIpc) is 2.30. The highest BCUT2D eigenvalue weighted by atomic mass is 35.5. The molecular formula is C10H13ClN4O2. The van der Waals surface area contributed by atoms with Crippen LogP contribution >= 0.6 is 11.6 Å². The van der Waals surface area contributed by atoms with Crippen LogP contribution in [0.1, 0.15) is 0 Å². The first kappa shape index (κ1) is 12.1. The van der Waals surface area contributed by atoms with Gasteiger partial charge in [0, 0.05) is 32.2 Å². The van der Waals surface area contributed by atoms with Gasteiger partial charge >= 0.3 is 0 Å². The van der Waals surface area contributed by atoms with Crippen molar-refractivity contribution in [2.24, 2.45) is 0 Å². The minimum atomic E-state index is -0.493. The first-order valence-corrected chi connectivity index (χ1v) is 5.69. The van der Waals surface area contributed by atoms with Crippen LogP contribution < -0.4 is 4.90 Å². The normalized spacial score (nSPS) is 17.2. The summed E-state index contributed by atoms with van der Waals surface area (Å²) in [6.07, 6.45) is 1.25. The molecule has 7 heteroatoms. The smallest absolute Gasteiger partial charge is 0.289 e. The lowest BCUT2D eigenvalue weighted by atomic mass is 10.3. The summed E-state index contributed by atoms with van der Waals surface area (Å²) in [7, 11) is 2.06. The molecular weight excluding hydrogens is 244 g/mol. The van der Waals surface area contributed by atoms with Crippen LogP contribution in [0.3, 0.4) is 0 Å². The molecule has 0 radical (unpaired) electrons. The van der Waals surface area contributed by atoms with Crippen molar-refractivity contribution in [1.82, 2.24) is 9.88 Å². The third-order valence-electron chi connectivity index (χ3n) is 2.82. The SMILES string of the molecule is CN1CCN(c2ncc([N+](=O)[O-])cc2Cl)CC1. The van der Waals surface area contributed by atoms with Gasteiger partial charge in [-0.25, -0.2) is 4.98 Å². The Labute approximate surface area is 104 Å². The van der Waals surface area contributed by atoms with Crippen LogP contribution in [0.2, 0.25) is 5.02 Å². The van der Waals surface area contributed by atoms with Gasteiger partial charge in [0.15, 0.2) is 0 Å². The molecule has 2 heterocycles. The summed E-state index contributed by atoms with van der Waals surface area (Å²) in [5.74, 6) is 0.630. The fourth-order valence-corrected chi connectivity index (χ4v) is 2.05. The Morgan fingerprint density at radius 2 is 2.06 bits per heavy atom. The van der Waals surface area contributed by atoms with E-state index in [0.29, 0.717) is 10.8 Å². The highest BCUT2D eigenvalue weighted by Gasteiger charge is 2.19. The second kappa shape index (κ2) is 4.85. The summed E-state index contributed by atoms with van der Waals surface area (Å²) in [5, 5.41) is 10.9. The zero-order chi connectivity index (χ0) is 12.4. The van der Waals surface area contributed by atoms with Gasteiger partial charge < -0.3 is 9.80 Å². The van der Waals surface area contributed by atoms with Crippen molar-refractivity contribution < 1.29 is 4.92 Å². The van der Waals surface area contributed by atoms with Crippen LogP contribution in [0.4, 0.5) is 11.5 Å². The van der Waals surface area contributed by atoms with Crippen LogP contribution in [0.5, 0.6) is 0 Å². The van der Waals surface area contributed by atoms with E-state index in [0.717, 1.165) is 26.2 Å². The first-order chi connectivity index (χ1) is 8.08. The van der Waals surface area contributed by atoms with Crippen LogP contribution in [0, 0.1) is 10.1 Å². The second-order valence-electron chi connectivity index (χ2n) is 4.05. The lowest BCUT2D eigenvalue weighted by molar-refractivity contribution is -0.385. The number of nitro groups is 1. The summed E-state index contributed by atoms with van der Waals surface area (Å²) in [5.41, 5.74) is -0.0760. The molecule has 0 amide bonds. The summed E-state index contributed by atoms with van der Waals surface area (Å²) >= 11 is 6.02. The van der Waals surface area contributed by atoms with E-state index >= 15 is 0 Å².